The van der Waals surface area contributed by atoms with Gasteiger partial charge in [-0.2, -0.15) is 0 Å². The Kier molecular flexibility index (Phi) is 3.11. The summed E-state index contributed by atoms with van der Waals surface area (Å²) < 4.78 is 11.4. The van der Waals surface area contributed by atoms with Crippen molar-refractivity contribution in [3.63, 3.8) is 0 Å². The van der Waals surface area contributed by atoms with Gasteiger partial charge in [-0.1, -0.05) is 29.3 Å². The molecule has 0 radical (unpaired) electrons. The predicted octanol–water partition coefficient (Wildman–Crippen LogP) is 3.77. The number of aryl methyl sites for hydroxylation is 2. The Balaban J connectivity index is 1.80. The van der Waals surface area contributed by atoms with Crippen molar-refractivity contribution in [2.24, 2.45) is 0 Å². The minimum absolute atomic E-state index is 0.326. The van der Waals surface area contributed by atoms with Crippen LogP contribution >= 0.6 is 0 Å². The van der Waals surface area contributed by atoms with Crippen LogP contribution in [-0.4, -0.2) is 6.73 Å². The summed E-state index contributed by atoms with van der Waals surface area (Å²) in [5, 5.41) is 0.864. The zero-order valence-corrected chi connectivity index (χ0v) is 13.1. The number of ether oxygens (including phenoxy) is 1. The van der Waals surface area contributed by atoms with Crippen molar-refractivity contribution in [3.05, 3.63) is 69.6 Å². The second kappa shape index (κ2) is 5.16. The van der Waals surface area contributed by atoms with E-state index < -0.39 is 0 Å². The molecule has 0 N–H and O–H groups in total. The van der Waals surface area contributed by atoms with E-state index in [1.807, 2.05) is 42.2 Å². The molecule has 0 bridgehead atoms. The third-order valence-corrected chi connectivity index (χ3v) is 4.22. The smallest absolute Gasteiger partial charge is 0.345 e. The van der Waals surface area contributed by atoms with Crippen LogP contribution in [0, 0.1) is 13.8 Å². The molecule has 1 aliphatic rings. The maximum atomic E-state index is 12.3. The van der Waals surface area contributed by atoms with E-state index in [1.54, 1.807) is 0 Å². The normalized spacial score (nSPS) is 13.7. The summed E-state index contributed by atoms with van der Waals surface area (Å²) in [5.41, 5.74) is 4.17. The molecule has 2 aromatic carbocycles. The summed E-state index contributed by atoms with van der Waals surface area (Å²) >= 11 is 0. The van der Waals surface area contributed by atoms with E-state index in [1.165, 1.54) is 5.56 Å². The van der Waals surface area contributed by atoms with Crippen molar-refractivity contribution in [2.45, 2.75) is 20.4 Å². The monoisotopic (exact) mass is 307 g/mol. The van der Waals surface area contributed by atoms with Crippen LogP contribution in [0.2, 0.25) is 0 Å². The van der Waals surface area contributed by atoms with Crippen molar-refractivity contribution in [2.75, 3.05) is 11.6 Å². The lowest BCUT2D eigenvalue weighted by Gasteiger charge is -2.30. The lowest BCUT2D eigenvalue weighted by atomic mass is 10.1. The van der Waals surface area contributed by atoms with E-state index in [-0.39, 0.29) is 5.63 Å². The third-order valence-electron chi connectivity index (χ3n) is 4.22. The van der Waals surface area contributed by atoms with Gasteiger partial charge in [0.25, 0.3) is 0 Å². The SMILES string of the molecule is Cc1ccc(N2COc3c(c(=O)oc4ccc(C)cc34)C2)cc1. The lowest BCUT2D eigenvalue weighted by molar-refractivity contribution is 0.287. The Morgan fingerprint density at radius 1 is 1.00 bits per heavy atom. The molecule has 116 valence electrons. The summed E-state index contributed by atoms with van der Waals surface area (Å²) in [6.07, 6.45) is 0. The first kappa shape index (κ1) is 13.9. The van der Waals surface area contributed by atoms with Crippen LogP contribution in [0.4, 0.5) is 5.69 Å². The molecule has 1 aliphatic heterocycles. The summed E-state index contributed by atoms with van der Waals surface area (Å²) in [6, 6.07) is 13.9. The number of benzene rings is 2. The van der Waals surface area contributed by atoms with Crippen molar-refractivity contribution in [1.82, 2.24) is 0 Å². The van der Waals surface area contributed by atoms with Gasteiger partial charge < -0.3 is 14.1 Å². The maximum Gasteiger partial charge on any atom is 0.345 e. The Bertz CT molecular complexity index is 941. The van der Waals surface area contributed by atoms with Crippen LogP contribution in [0.3, 0.4) is 0 Å². The van der Waals surface area contributed by atoms with Crippen LogP contribution in [0.1, 0.15) is 16.7 Å². The van der Waals surface area contributed by atoms with Crippen molar-refractivity contribution in [1.29, 1.82) is 0 Å². The highest BCUT2D eigenvalue weighted by atomic mass is 16.5. The van der Waals surface area contributed by atoms with Gasteiger partial charge in [0.15, 0.2) is 6.73 Å². The number of nitrogens with zero attached hydrogens (tertiary/aromatic N) is 1. The van der Waals surface area contributed by atoms with Crippen molar-refractivity contribution < 1.29 is 9.15 Å². The largest absolute Gasteiger partial charge is 0.472 e. The third kappa shape index (κ3) is 2.36. The fraction of sp³-hybridized carbons (Fsp3) is 0.211. The fourth-order valence-electron chi connectivity index (χ4n) is 2.93. The van der Waals surface area contributed by atoms with Crippen LogP contribution < -0.4 is 15.3 Å². The molecule has 3 aromatic rings. The molecule has 4 rings (SSSR count). The van der Waals surface area contributed by atoms with Crippen LogP contribution in [0.5, 0.6) is 5.75 Å². The van der Waals surface area contributed by atoms with Gasteiger partial charge in [-0.15, -0.1) is 0 Å². The number of hydrogen-bond acceptors (Lipinski definition) is 4. The number of fused-ring (bicyclic) bond motifs is 3. The lowest BCUT2D eigenvalue weighted by Crippen LogP contribution is -2.34. The second-order valence-corrected chi connectivity index (χ2v) is 6.00. The number of anilines is 1. The molecular formula is C19H17NO3. The van der Waals surface area contributed by atoms with E-state index in [2.05, 4.69) is 19.1 Å². The Morgan fingerprint density at radius 2 is 1.74 bits per heavy atom. The molecule has 0 aliphatic carbocycles. The molecule has 0 saturated heterocycles. The van der Waals surface area contributed by atoms with Gasteiger partial charge in [-0.25, -0.2) is 4.79 Å². The highest BCUT2D eigenvalue weighted by molar-refractivity contribution is 5.85. The summed E-state index contributed by atoms with van der Waals surface area (Å²) in [4.78, 5) is 14.3. The van der Waals surface area contributed by atoms with Gasteiger partial charge in [-0.3, -0.25) is 0 Å². The number of hydrogen-bond donors (Lipinski definition) is 0. The summed E-state index contributed by atoms with van der Waals surface area (Å²) in [6.45, 7) is 4.97. The molecule has 4 heteroatoms. The average molecular weight is 307 g/mol. The fourth-order valence-corrected chi connectivity index (χ4v) is 2.93. The van der Waals surface area contributed by atoms with Gasteiger partial charge in [0.05, 0.1) is 17.5 Å². The highest BCUT2D eigenvalue weighted by Crippen LogP contribution is 2.33. The first-order chi connectivity index (χ1) is 11.1. The van der Waals surface area contributed by atoms with Crippen LogP contribution in [0.15, 0.2) is 51.7 Å². The quantitative estimate of drug-likeness (QED) is 0.642. The summed E-state index contributed by atoms with van der Waals surface area (Å²) in [7, 11) is 0. The van der Waals surface area contributed by atoms with Crippen LogP contribution in [-0.2, 0) is 6.54 Å². The summed E-state index contributed by atoms with van der Waals surface area (Å²) in [5.74, 6) is 0.656. The Labute approximate surface area is 133 Å². The van der Waals surface area contributed by atoms with Crippen molar-refractivity contribution >= 4 is 16.7 Å². The predicted molar refractivity (Wildman–Crippen MR) is 90.1 cm³/mol. The molecule has 1 aromatic heterocycles. The molecule has 0 unspecified atom stereocenters. The first-order valence-electron chi connectivity index (χ1n) is 7.62. The van der Waals surface area contributed by atoms with Gasteiger partial charge >= 0.3 is 5.63 Å². The van der Waals surface area contributed by atoms with E-state index >= 15 is 0 Å². The molecule has 0 spiro atoms. The standard InChI is InChI=1S/C19H17NO3/c1-12-3-6-14(7-4-12)20-10-16-18(22-11-20)15-9-13(2)5-8-17(15)23-19(16)21/h3-9H,10-11H2,1-2H3. The van der Waals surface area contributed by atoms with Crippen molar-refractivity contribution in [3.8, 4) is 5.75 Å². The Hall–Kier alpha value is -2.75. The van der Waals surface area contributed by atoms with E-state index in [0.29, 0.717) is 30.2 Å². The molecule has 2 heterocycles. The van der Waals surface area contributed by atoms with Crippen LogP contribution in [0.25, 0.3) is 11.0 Å². The second-order valence-electron chi connectivity index (χ2n) is 6.00. The topological polar surface area (TPSA) is 42.7 Å². The molecule has 0 amide bonds. The molecule has 0 atom stereocenters. The number of rotatable bonds is 1. The van der Waals surface area contributed by atoms with Gasteiger partial charge in [0, 0.05) is 5.69 Å². The van der Waals surface area contributed by atoms with Gasteiger partial charge in [0.1, 0.15) is 11.3 Å². The average Bonchev–Trinajstić information content (AvgIpc) is 2.56. The van der Waals surface area contributed by atoms with Gasteiger partial charge in [0.2, 0.25) is 0 Å². The zero-order valence-electron chi connectivity index (χ0n) is 13.1. The maximum absolute atomic E-state index is 12.3. The molecule has 0 saturated carbocycles. The Morgan fingerprint density at radius 3 is 2.52 bits per heavy atom. The van der Waals surface area contributed by atoms with E-state index in [9.17, 15) is 4.79 Å². The van der Waals surface area contributed by atoms with Gasteiger partial charge in [-0.05, 0) is 38.1 Å². The minimum atomic E-state index is -0.326. The molecule has 4 nitrogen and oxygen atoms in total. The first-order valence-corrected chi connectivity index (χ1v) is 7.62. The molecular weight excluding hydrogens is 290 g/mol. The minimum Gasteiger partial charge on any atom is -0.472 e. The zero-order chi connectivity index (χ0) is 16.0. The molecule has 23 heavy (non-hydrogen) atoms. The molecule has 0 fully saturated rings. The van der Waals surface area contributed by atoms with E-state index in [0.717, 1.165) is 16.6 Å². The van der Waals surface area contributed by atoms with E-state index in [4.69, 9.17) is 9.15 Å². The highest BCUT2D eigenvalue weighted by Gasteiger charge is 2.24.